The summed E-state index contributed by atoms with van der Waals surface area (Å²) in [5.74, 6) is 0.153. The Kier molecular flexibility index (Phi) is 13.1. The van der Waals surface area contributed by atoms with Gasteiger partial charge in [0.1, 0.15) is 31.2 Å². The van der Waals surface area contributed by atoms with Crippen molar-refractivity contribution in [2.75, 3.05) is 39.6 Å². The average Bonchev–Trinajstić information content (AvgIpc) is 3.35. The molecule has 2 N–H and O–H groups in total. The van der Waals surface area contributed by atoms with E-state index in [1.807, 2.05) is 18.2 Å². The minimum absolute atomic E-state index is 0.00926. The van der Waals surface area contributed by atoms with Gasteiger partial charge in [-0.15, -0.1) is 11.3 Å². The maximum Gasteiger partial charge on any atom is 0.333 e. The third-order valence-electron chi connectivity index (χ3n) is 6.31. The van der Waals surface area contributed by atoms with Crippen molar-refractivity contribution in [1.29, 1.82) is 0 Å². The molecular weight excluding hydrogens is 528 g/mol. The fourth-order valence-electron chi connectivity index (χ4n) is 4.11. The van der Waals surface area contributed by atoms with E-state index in [1.54, 1.807) is 11.3 Å². The Morgan fingerprint density at radius 3 is 2.35 bits per heavy atom. The SMILES string of the molecule is C=C(C)C(=O)OCC(O)COCCOCC(O)COc1ccc2cc(-c3ccc(CCCCC)cc3C)sc2c1. The summed E-state index contributed by atoms with van der Waals surface area (Å²) in [6.45, 7) is 9.96. The zero-order valence-electron chi connectivity index (χ0n) is 23.8. The van der Waals surface area contributed by atoms with Gasteiger partial charge < -0.3 is 29.2 Å². The van der Waals surface area contributed by atoms with Crippen molar-refractivity contribution in [3.8, 4) is 16.2 Å². The molecule has 0 bridgehead atoms. The van der Waals surface area contributed by atoms with Gasteiger partial charge in [0.25, 0.3) is 0 Å². The van der Waals surface area contributed by atoms with E-state index in [4.69, 9.17) is 18.9 Å². The first-order valence-corrected chi connectivity index (χ1v) is 14.7. The third kappa shape index (κ3) is 10.3. The van der Waals surface area contributed by atoms with Crippen LogP contribution in [0.1, 0.15) is 44.2 Å². The number of carbonyl (C=O) groups excluding carboxylic acids is 1. The second-order valence-corrected chi connectivity index (χ2v) is 11.1. The predicted octanol–water partition coefficient (Wildman–Crippen LogP) is 5.86. The summed E-state index contributed by atoms with van der Waals surface area (Å²) < 4.78 is 22.6. The van der Waals surface area contributed by atoms with Crippen molar-refractivity contribution in [2.24, 2.45) is 0 Å². The van der Waals surface area contributed by atoms with E-state index in [-0.39, 0.29) is 45.2 Å². The summed E-state index contributed by atoms with van der Waals surface area (Å²) in [6.07, 6.45) is 3.15. The normalized spacial score (nSPS) is 12.8. The number of thiophene rings is 1. The van der Waals surface area contributed by atoms with Gasteiger partial charge in [-0.2, -0.15) is 0 Å². The third-order valence-corrected chi connectivity index (χ3v) is 7.44. The van der Waals surface area contributed by atoms with E-state index in [9.17, 15) is 15.0 Å². The Morgan fingerprint density at radius 1 is 0.950 bits per heavy atom. The van der Waals surface area contributed by atoms with E-state index in [0.717, 1.165) is 11.1 Å². The van der Waals surface area contributed by atoms with Crippen LogP contribution in [-0.2, 0) is 25.4 Å². The van der Waals surface area contributed by atoms with Crippen LogP contribution in [0.4, 0.5) is 0 Å². The molecule has 40 heavy (non-hydrogen) atoms. The van der Waals surface area contributed by atoms with Crippen LogP contribution in [0.25, 0.3) is 20.5 Å². The number of aliphatic hydroxyl groups is 2. The number of carbonyl (C=O) groups is 1. The lowest BCUT2D eigenvalue weighted by molar-refractivity contribution is -0.143. The predicted molar refractivity (Wildman–Crippen MR) is 160 cm³/mol. The Morgan fingerprint density at radius 2 is 1.68 bits per heavy atom. The maximum absolute atomic E-state index is 11.3. The van der Waals surface area contributed by atoms with E-state index in [2.05, 4.69) is 44.7 Å². The first-order chi connectivity index (χ1) is 19.3. The first kappa shape index (κ1) is 31.8. The molecule has 0 saturated heterocycles. The zero-order chi connectivity index (χ0) is 28.9. The van der Waals surface area contributed by atoms with Crippen molar-refractivity contribution >= 4 is 27.4 Å². The van der Waals surface area contributed by atoms with E-state index < -0.39 is 18.2 Å². The van der Waals surface area contributed by atoms with Crippen molar-refractivity contribution in [3.05, 3.63) is 65.7 Å². The molecule has 0 aliphatic heterocycles. The van der Waals surface area contributed by atoms with Gasteiger partial charge in [0.05, 0.1) is 26.4 Å². The molecule has 0 spiro atoms. The summed E-state index contributed by atoms with van der Waals surface area (Å²) in [7, 11) is 0. The smallest absolute Gasteiger partial charge is 0.333 e. The minimum atomic E-state index is -0.927. The summed E-state index contributed by atoms with van der Waals surface area (Å²) in [4.78, 5) is 12.5. The molecule has 0 aliphatic rings. The Labute approximate surface area is 241 Å². The largest absolute Gasteiger partial charge is 0.491 e. The standard InChI is InChI=1S/C32H42O7S/c1-5-6-7-8-24-9-12-29(23(4)15-24)31-16-25-10-11-28(17-30(25)40-31)38-20-26(33)18-36-13-14-37-19-27(34)21-39-32(35)22(2)3/h9-12,15-17,26-27,33-34H,2,5-8,13-14,18-21H2,1,3-4H3. The topological polar surface area (TPSA) is 94.5 Å². The molecule has 1 aromatic heterocycles. The van der Waals surface area contributed by atoms with Crippen molar-refractivity contribution in [1.82, 2.24) is 0 Å². The van der Waals surface area contributed by atoms with Gasteiger partial charge in [-0.25, -0.2) is 4.79 Å². The monoisotopic (exact) mass is 570 g/mol. The van der Waals surface area contributed by atoms with Crippen LogP contribution in [-0.4, -0.2) is 68.0 Å². The highest BCUT2D eigenvalue weighted by Crippen LogP contribution is 2.37. The van der Waals surface area contributed by atoms with E-state index in [0.29, 0.717) is 5.75 Å². The number of fused-ring (bicyclic) bond motifs is 1. The van der Waals surface area contributed by atoms with Gasteiger partial charge in [-0.1, -0.05) is 44.5 Å². The van der Waals surface area contributed by atoms with Crippen molar-refractivity contribution in [2.45, 2.75) is 58.7 Å². The number of hydrogen-bond acceptors (Lipinski definition) is 8. The maximum atomic E-state index is 11.3. The molecule has 0 aliphatic carbocycles. The summed E-state index contributed by atoms with van der Waals surface area (Å²) >= 11 is 1.74. The number of aliphatic hydroxyl groups excluding tert-OH is 2. The van der Waals surface area contributed by atoms with Crippen molar-refractivity contribution < 1.29 is 34.0 Å². The molecule has 0 fully saturated rings. The van der Waals surface area contributed by atoms with Gasteiger partial charge in [0.2, 0.25) is 0 Å². The Balaban J connectivity index is 1.38. The molecule has 3 aromatic rings. The number of benzene rings is 2. The van der Waals surface area contributed by atoms with Gasteiger partial charge in [-0.05, 0) is 73.0 Å². The molecule has 2 atom stereocenters. The fraction of sp³-hybridized carbons (Fsp3) is 0.469. The van der Waals surface area contributed by atoms with Crippen LogP contribution in [0.2, 0.25) is 0 Å². The number of aryl methyl sites for hydroxylation is 2. The van der Waals surface area contributed by atoms with Crippen LogP contribution in [0, 0.1) is 6.92 Å². The van der Waals surface area contributed by atoms with E-state index >= 15 is 0 Å². The second kappa shape index (κ2) is 16.5. The molecule has 218 valence electrons. The molecule has 7 nitrogen and oxygen atoms in total. The highest BCUT2D eigenvalue weighted by Gasteiger charge is 2.12. The summed E-state index contributed by atoms with van der Waals surface area (Å²) in [6, 6.07) is 15.0. The molecule has 0 radical (unpaired) electrons. The number of hydrogen-bond donors (Lipinski definition) is 2. The highest BCUT2D eigenvalue weighted by molar-refractivity contribution is 7.22. The molecule has 0 saturated carbocycles. The minimum Gasteiger partial charge on any atom is -0.491 e. The first-order valence-electron chi connectivity index (χ1n) is 13.9. The molecular formula is C32H42O7S. The van der Waals surface area contributed by atoms with Crippen LogP contribution < -0.4 is 4.74 Å². The van der Waals surface area contributed by atoms with Crippen molar-refractivity contribution in [3.63, 3.8) is 0 Å². The van der Waals surface area contributed by atoms with Gasteiger partial charge in [0, 0.05) is 15.2 Å². The second-order valence-electron chi connectivity index (χ2n) is 10.1. The highest BCUT2D eigenvalue weighted by atomic mass is 32.1. The number of unbranched alkanes of at least 4 members (excludes halogenated alkanes) is 2. The van der Waals surface area contributed by atoms with Crippen LogP contribution in [0.5, 0.6) is 5.75 Å². The molecule has 2 aromatic carbocycles. The summed E-state index contributed by atoms with van der Waals surface area (Å²) in [5, 5.41) is 21.1. The molecule has 2 unspecified atom stereocenters. The van der Waals surface area contributed by atoms with Crippen LogP contribution >= 0.6 is 11.3 Å². The zero-order valence-corrected chi connectivity index (χ0v) is 24.6. The average molecular weight is 571 g/mol. The number of rotatable bonds is 18. The van der Waals surface area contributed by atoms with E-state index in [1.165, 1.54) is 53.1 Å². The Hall–Kier alpha value is -2.75. The molecule has 3 rings (SSSR count). The number of ether oxygens (including phenoxy) is 4. The lowest BCUT2D eigenvalue weighted by Crippen LogP contribution is -2.26. The van der Waals surface area contributed by atoms with Gasteiger partial charge in [-0.3, -0.25) is 0 Å². The van der Waals surface area contributed by atoms with Gasteiger partial charge in [0.15, 0.2) is 0 Å². The van der Waals surface area contributed by atoms with Crippen LogP contribution in [0.3, 0.4) is 0 Å². The quantitative estimate of drug-likeness (QED) is 0.112. The number of esters is 1. The van der Waals surface area contributed by atoms with Crippen LogP contribution in [0.15, 0.2) is 54.6 Å². The van der Waals surface area contributed by atoms with Gasteiger partial charge >= 0.3 is 5.97 Å². The molecule has 8 heteroatoms. The fourth-order valence-corrected chi connectivity index (χ4v) is 5.29. The lowest BCUT2D eigenvalue weighted by Gasteiger charge is -2.14. The molecule has 1 heterocycles. The Bertz CT molecular complexity index is 1240. The lowest BCUT2D eigenvalue weighted by atomic mass is 10.00. The summed E-state index contributed by atoms with van der Waals surface area (Å²) in [5.41, 5.74) is 4.24. The molecule has 0 amide bonds.